The van der Waals surface area contributed by atoms with Gasteiger partial charge in [-0.3, -0.25) is 9.98 Å². The van der Waals surface area contributed by atoms with Gasteiger partial charge in [0.1, 0.15) is 0 Å². The number of aromatic nitrogens is 3. The van der Waals surface area contributed by atoms with Crippen molar-refractivity contribution in [2.45, 2.75) is 57.4 Å². The summed E-state index contributed by atoms with van der Waals surface area (Å²) in [6.45, 7) is 4.72. The zero-order valence-electron chi connectivity index (χ0n) is 50.1. The summed E-state index contributed by atoms with van der Waals surface area (Å²) in [5.74, 6) is 0.378. The Hall–Kier alpha value is -9.31. The minimum Gasteiger partial charge on any atom is -0.333 e. The lowest BCUT2D eigenvalue weighted by molar-refractivity contribution is 0.578. The van der Waals surface area contributed by atoms with Gasteiger partial charge < -0.3 is 13.7 Å². The first-order valence-electron chi connectivity index (χ1n) is 31.8. The third-order valence-corrected chi connectivity index (χ3v) is 23.1. The number of hydrogen-bond donors (Lipinski definition) is 0. The van der Waals surface area contributed by atoms with Gasteiger partial charge in [-0.1, -0.05) is 164 Å². The highest BCUT2D eigenvalue weighted by atomic mass is 32.2. The Bertz CT molecular complexity index is 5540. The van der Waals surface area contributed by atoms with Crippen LogP contribution in [0.25, 0.3) is 114 Å². The maximum Gasteiger partial charge on any atom is 0.0745 e. The van der Waals surface area contributed by atoms with Gasteiger partial charge in [-0.05, 0) is 175 Å². The van der Waals surface area contributed by atoms with E-state index < -0.39 is 0 Å². The van der Waals surface area contributed by atoms with Gasteiger partial charge in [0.15, 0.2) is 0 Å². The molecule has 5 aliphatic carbocycles. The minimum atomic E-state index is 0.195. The zero-order valence-corrected chi connectivity index (χ0v) is 52.6. The van der Waals surface area contributed by atoms with Crippen molar-refractivity contribution in [3.8, 4) is 33.8 Å². The number of para-hydroxylation sites is 2. The molecule has 0 spiro atoms. The van der Waals surface area contributed by atoms with Crippen LogP contribution in [0.3, 0.4) is 0 Å². The van der Waals surface area contributed by atoms with E-state index in [2.05, 4.69) is 257 Å². The van der Waals surface area contributed by atoms with Gasteiger partial charge in [0.05, 0.1) is 51.9 Å². The van der Waals surface area contributed by atoms with E-state index >= 15 is 0 Å². The Morgan fingerprint density at radius 2 is 1.37 bits per heavy atom. The molecule has 5 aliphatic rings. The molecule has 2 unspecified atom stereocenters. The number of nitrogens with zero attached hydrogens (tertiary/aromatic N) is 5. The lowest BCUT2D eigenvalue weighted by Gasteiger charge is -2.30. The number of allylic oxidation sites excluding steroid dienone is 8. The second-order valence-corrected chi connectivity index (χ2v) is 27.8. The summed E-state index contributed by atoms with van der Waals surface area (Å²) >= 11 is 5.78. The molecule has 5 aromatic heterocycles. The number of thiophene rings is 2. The number of thioether (sulfide) groups is 1. The molecule has 0 aliphatic heterocycles. The Kier molecular flexibility index (Phi) is 13.0. The van der Waals surface area contributed by atoms with Gasteiger partial charge in [0, 0.05) is 90.6 Å². The Morgan fingerprint density at radius 1 is 0.600 bits per heavy atom. The average Bonchev–Trinajstić information content (AvgIpc) is 1.66. The quantitative estimate of drug-likeness (QED) is 0.119. The van der Waals surface area contributed by atoms with Crippen molar-refractivity contribution in [2.24, 2.45) is 15.9 Å². The topological polar surface area (TPSA) is 39.5 Å². The minimum absolute atomic E-state index is 0.195. The van der Waals surface area contributed by atoms with Crippen molar-refractivity contribution in [2.75, 3.05) is 12.8 Å². The summed E-state index contributed by atoms with van der Waals surface area (Å²) in [4.78, 5) is 13.6. The largest absolute Gasteiger partial charge is 0.333 e. The summed E-state index contributed by atoms with van der Waals surface area (Å²) in [7, 11) is 0. The molecule has 2 atom stereocenters. The molecule has 5 nitrogen and oxygen atoms in total. The first-order valence-corrected chi connectivity index (χ1v) is 34.7. The van der Waals surface area contributed by atoms with Crippen LogP contribution in [0.2, 0.25) is 0 Å². The van der Waals surface area contributed by atoms with Gasteiger partial charge in [-0.2, -0.15) is 0 Å². The number of fused-ring (bicyclic) bond motifs is 17. The van der Waals surface area contributed by atoms with Crippen molar-refractivity contribution in [1.82, 2.24) is 13.7 Å². The highest BCUT2D eigenvalue weighted by molar-refractivity contribution is 8.02. The van der Waals surface area contributed by atoms with E-state index in [0.717, 1.165) is 96.4 Å². The van der Waals surface area contributed by atoms with Crippen LogP contribution in [0.1, 0.15) is 71.0 Å². The normalized spacial score (nSPS) is 17.1. The summed E-state index contributed by atoms with van der Waals surface area (Å²) in [5.41, 5.74) is 21.7. The third-order valence-electron chi connectivity index (χ3n) is 19.8. The smallest absolute Gasteiger partial charge is 0.0745 e. The van der Waals surface area contributed by atoms with Gasteiger partial charge in [-0.25, -0.2) is 0 Å². The lowest BCUT2D eigenvalue weighted by Crippen LogP contribution is -2.34. The zero-order chi connectivity index (χ0) is 59.6. The molecular weight excluding hydrogens is 1150 g/mol. The molecule has 0 fully saturated rings. The van der Waals surface area contributed by atoms with Crippen LogP contribution in [0, 0.1) is 5.92 Å². The number of benzene rings is 8. The first-order chi connectivity index (χ1) is 44.6. The van der Waals surface area contributed by atoms with Crippen LogP contribution in [0.5, 0.6) is 0 Å². The molecule has 18 rings (SSSR count). The van der Waals surface area contributed by atoms with E-state index in [1.54, 1.807) is 10.5 Å². The van der Waals surface area contributed by atoms with Crippen molar-refractivity contribution in [3.05, 3.63) is 272 Å². The van der Waals surface area contributed by atoms with E-state index in [9.17, 15) is 0 Å². The van der Waals surface area contributed by atoms with Crippen molar-refractivity contribution in [1.29, 1.82) is 0 Å². The molecule has 90 heavy (non-hydrogen) atoms. The molecule has 0 radical (unpaired) electrons. The van der Waals surface area contributed by atoms with Crippen molar-refractivity contribution in [3.63, 3.8) is 0 Å². The second kappa shape index (κ2) is 21.7. The highest BCUT2D eigenvalue weighted by Gasteiger charge is 2.33. The van der Waals surface area contributed by atoms with E-state index in [4.69, 9.17) is 9.98 Å². The van der Waals surface area contributed by atoms with Gasteiger partial charge in [0.25, 0.3) is 0 Å². The van der Waals surface area contributed by atoms with Crippen molar-refractivity contribution < 1.29 is 0 Å². The Morgan fingerprint density at radius 3 is 2.18 bits per heavy atom. The maximum absolute atomic E-state index is 5.79. The van der Waals surface area contributed by atoms with E-state index in [0.29, 0.717) is 12.5 Å². The molecule has 5 heterocycles. The molecule has 0 saturated heterocycles. The summed E-state index contributed by atoms with van der Waals surface area (Å²) in [6.07, 6.45) is 32.3. The van der Waals surface area contributed by atoms with Crippen LogP contribution in [0.4, 0.5) is 5.69 Å². The van der Waals surface area contributed by atoms with Gasteiger partial charge in [-0.15, -0.1) is 34.4 Å². The third kappa shape index (κ3) is 8.48. The SMILES string of the molecule is C=Nc1ccc(-c2ccc(-n3c4c(c5ccccc53)CCc3sc5ccccc5c3-4)cc2)cc1C(=NCC1=CCC(n2c3c(c4c2=CCCC=4)CCC(SC)=C3C2C=CC=CC2)C=C1)c1cccc(-n2c3ccccc3c3ccc4sc5ccccc5c4c32)c1. The molecule has 13 aromatic rings. The molecule has 434 valence electrons. The molecule has 0 amide bonds. The predicted octanol–water partition coefficient (Wildman–Crippen LogP) is 20.3. The summed E-state index contributed by atoms with van der Waals surface area (Å²) in [6, 6.07) is 65.5. The summed E-state index contributed by atoms with van der Waals surface area (Å²) in [5, 5.41) is 10.6. The Balaban J connectivity index is 0.763. The second-order valence-electron chi connectivity index (χ2n) is 24.6. The number of aliphatic imine (C=N–C) groups is 2. The fourth-order valence-electron chi connectivity index (χ4n) is 15.8. The fraction of sp³-hybridized carbons (Fsp3) is 0.146. The lowest BCUT2D eigenvalue weighted by atomic mass is 9.83. The standard InChI is InChI=1S/C82H63N5S3/c1-83-67-43-35-53(51-33-38-56(39-34-51)86-69-27-12-7-22-59(69)62-41-45-74-77(81(62)86)64-24-9-14-29-71(64)89-74)48-66(67)79(54-19-16-20-57(47-54)87-70-28-13-8-23-60(70)63-42-46-75-78(82(63)87)65-25-10-15-30-72(65)90-75)84-49-50-31-36-55(37-32-50)85-68-26-11-6-21-58(68)61-40-44-73(88-2)76(80(61)85)52-17-4-3-5-18-52/h3-5,7-10,12-17,19-36,38-39,42-43,46-48,52,55H,1,6,11,18,37,40-41,44-45,49H2,2H3. The number of rotatable bonds is 11. The molecule has 8 aromatic carbocycles. The van der Waals surface area contributed by atoms with Crippen LogP contribution >= 0.6 is 34.4 Å². The molecule has 0 N–H and O–H groups in total. The molecule has 0 bridgehead atoms. The maximum atomic E-state index is 5.79. The van der Waals surface area contributed by atoms with Crippen LogP contribution in [0.15, 0.2) is 239 Å². The van der Waals surface area contributed by atoms with Crippen LogP contribution in [-0.2, 0) is 19.3 Å². The van der Waals surface area contributed by atoms with Crippen molar-refractivity contribution >= 4 is 133 Å². The van der Waals surface area contributed by atoms with E-state index in [1.807, 2.05) is 34.4 Å². The monoisotopic (exact) mass is 1210 g/mol. The van der Waals surface area contributed by atoms with Crippen LogP contribution < -0.4 is 10.6 Å². The number of hydrogen-bond acceptors (Lipinski definition) is 5. The van der Waals surface area contributed by atoms with E-state index in [1.165, 1.54) is 112 Å². The highest BCUT2D eigenvalue weighted by Crippen LogP contribution is 2.50. The van der Waals surface area contributed by atoms with E-state index in [-0.39, 0.29) is 6.04 Å². The fourth-order valence-corrected chi connectivity index (χ4v) is 18.9. The summed E-state index contributed by atoms with van der Waals surface area (Å²) < 4.78 is 11.7. The van der Waals surface area contributed by atoms with Gasteiger partial charge in [0.2, 0.25) is 0 Å². The molecule has 8 heteroatoms. The number of aryl methyl sites for hydroxylation is 2. The van der Waals surface area contributed by atoms with Gasteiger partial charge >= 0.3 is 0 Å². The molecule has 0 saturated carbocycles. The molecular formula is C82H63N5S3. The Labute approximate surface area is 535 Å². The first kappa shape index (κ1) is 53.7. The van der Waals surface area contributed by atoms with Crippen LogP contribution in [-0.4, -0.2) is 38.9 Å². The predicted molar refractivity (Wildman–Crippen MR) is 388 cm³/mol. The average molecular weight is 1210 g/mol.